The molecule has 0 spiro atoms. The molecule has 2 aromatic heterocycles. The van der Waals surface area contributed by atoms with Crippen molar-refractivity contribution in [2.24, 2.45) is 0 Å². The van der Waals surface area contributed by atoms with Crippen LogP contribution in [-0.2, 0) is 13.1 Å². The van der Waals surface area contributed by atoms with Crippen LogP contribution in [0.1, 0.15) is 16.7 Å². The maximum absolute atomic E-state index is 9.40. The average Bonchev–Trinajstić information content (AvgIpc) is 3.33. The molecule has 0 saturated heterocycles. The number of anilines is 1. The Hall–Kier alpha value is -4.42. The van der Waals surface area contributed by atoms with E-state index in [1.807, 2.05) is 72.9 Å². The van der Waals surface area contributed by atoms with Crippen LogP contribution in [0.3, 0.4) is 0 Å². The number of nitrogens with zero attached hydrogens (tertiary/aromatic N) is 6. The first-order valence-corrected chi connectivity index (χ1v) is 12.3. The second-order valence-corrected chi connectivity index (χ2v) is 9.05. The van der Waals surface area contributed by atoms with Gasteiger partial charge in [-0.15, -0.1) is 5.10 Å². The molecule has 0 N–H and O–H groups in total. The number of aromatic nitrogens is 4. The Balaban J connectivity index is 1.63. The molecule has 5 aromatic rings. The van der Waals surface area contributed by atoms with Gasteiger partial charge in [0.25, 0.3) is 0 Å². The Bertz CT molecular complexity index is 1530. The zero-order valence-corrected chi connectivity index (χ0v) is 21.9. The number of halogens is 1. The average molecular weight is 555 g/mol. The minimum absolute atomic E-state index is 0.465. The fourth-order valence-corrected chi connectivity index (χ4v) is 4.39. The van der Waals surface area contributed by atoms with Gasteiger partial charge in [0.05, 0.1) is 37.7 Å². The fraction of sp³-hybridized carbons (Fsp3) is 0.143. The fourth-order valence-electron chi connectivity index (χ4n) is 4.06. The van der Waals surface area contributed by atoms with Gasteiger partial charge in [-0.05, 0) is 63.5 Å². The molecule has 8 nitrogen and oxygen atoms in total. The van der Waals surface area contributed by atoms with Gasteiger partial charge in [0, 0.05) is 18.7 Å². The Labute approximate surface area is 222 Å². The second-order valence-electron chi connectivity index (χ2n) is 8.34. The van der Waals surface area contributed by atoms with E-state index in [4.69, 9.17) is 14.5 Å². The van der Waals surface area contributed by atoms with Crippen molar-refractivity contribution in [3.63, 3.8) is 0 Å². The number of benzene rings is 3. The lowest BCUT2D eigenvalue weighted by atomic mass is 10.1. The first-order valence-electron chi connectivity index (χ1n) is 11.5. The Morgan fingerprint density at radius 3 is 2.08 bits per heavy atom. The van der Waals surface area contributed by atoms with Gasteiger partial charge in [-0.1, -0.05) is 36.4 Å². The third-order valence-electron chi connectivity index (χ3n) is 5.93. The summed E-state index contributed by atoms with van der Waals surface area (Å²) in [4.78, 5) is 11.8. The third kappa shape index (κ3) is 5.39. The van der Waals surface area contributed by atoms with Crippen molar-refractivity contribution >= 4 is 27.4 Å². The molecule has 0 radical (unpaired) electrons. The minimum Gasteiger partial charge on any atom is -0.497 e. The Kier molecular flexibility index (Phi) is 7.01. The van der Waals surface area contributed by atoms with E-state index in [-0.39, 0.29) is 0 Å². The molecule has 0 unspecified atom stereocenters. The van der Waals surface area contributed by atoms with E-state index in [2.05, 4.69) is 37.0 Å². The molecule has 3 aromatic carbocycles. The van der Waals surface area contributed by atoms with Crippen molar-refractivity contribution in [3.8, 4) is 28.8 Å². The highest BCUT2D eigenvalue weighted by atomic mass is 79.9. The lowest BCUT2D eigenvalue weighted by molar-refractivity contribution is 0.414. The van der Waals surface area contributed by atoms with E-state index in [0.717, 1.165) is 28.2 Å². The molecule has 184 valence electrons. The van der Waals surface area contributed by atoms with Crippen LogP contribution in [0.5, 0.6) is 11.5 Å². The smallest absolute Gasteiger partial charge is 0.218 e. The lowest BCUT2D eigenvalue weighted by Crippen LogP contribution is -2.24. The summed E-state index contributed by atoms with van der Waals surface area (Å²) in [7, 11) is 3.31. The van der Waals surface area contributed by atoms with E-state index >= 15 is 0 Å². The number of hydrogen-bond acceptors (Lipinski definition) is 7. The summed E-state index contributed by atoms with van der Waals surface area (Å²) < 4.78 is 12.8. The highest BCUT2D eigenvalue weighted by Crippen LogP contribution is 2.29. The molecule has 2 heterocycles. The number of rotatable bonds is 8. The standard InChI is InChI=1S/C28H23BrN6O2/c1-36-23-10-6-19(7-11-23)16-34(17-20-8-12-24(37-2)13-9-20)26-27-32-28(29)33-35(27)18-25(31-26)22-5-3-4-21(14-22)15-30/h3-14,18H,16-17H2,1-2H3. The summed E-state index contributed by atoms with van der Waals surface area (Å²) in [6.07, 6.45) is 1.83. The summed E-state index contributed by atoms with van der Waals surface area (Å²) in [5, 5.41) is 13.9. The monoisotopic (exact) mass is 554 g/mol. The van der Waals surface area contributed by atoms with E-state index in [1.165, 1.54) is 0 Å². The minimum atomic E-state index is 0.465. The zero-order valence-electron chi connectivity index (χ0n) is 20.3. The van der Waals surface area contributed by atoms with Crippen LogP contribution in [0, 0.1) is 11.3 Å². The van der Waals surface area contributed by atoms with Crippen molar-refractivity contribution < 1.29 is 9.47 Å². The Morgan fingerprint density at radius 2 is 1.51 bits per heavy atom. The number of methoxy groups -OCH3 is 2. The van der Waals surface area contributed by atoms with Crippen molar-refractivity contribution in [2.45, 2.75) is 13.1 Å². The highest BCUT2D eigenvalue weighted by molar-refractivity contribution is 9.10. The number of hydrogen-bond donors (Lipinski definition) is 0. The predicted molar refractivity (Wildman–Crippen MR) is 145 cm³/mol. The summed E-state index contributed by atoms with van der Waals surface area (Å²) in [6, 6.07) is 25.5. The maximum atomic E-state index is 9.40. The van der Waals surface area contributed by atoms with Gasteiger partial charge in [-0.2, -0.15) is 10.2 Å². The van der Waals surface area contributed by atoms with Gasteiger partial charge in [0.2, 0.25) is 4.73 Å². The molecule has 37 heavy (non-hydrogen) atoms. The molecule has 0 amide bonds. The summed E-state index contributed by atoms with van der Waals surface area (Å²) in [5.41, 5.74) is 4.87. The number of fused-ring (bicyclic) bond motifs is 1. The van der Waals surface area contributed by atoms with Crippen LogP contribution >= 0.6 is 15.9 Å². The van der Waals surface area contributed by atoms with Gasteiger partial charge in [0.1, 0.15) is 11.5 Å². The molecule has 0 aliphatic rings. The molecule has 5 rings (SSSR count). The van der Waals surface area contributed by atoms with Crippen molar-refractivity contribution in [1.82, 2.24) is 19.6 Å². The van der Waals surface area contributed by atoms with Crippen LogP contribution in [0.15, 0.2) is 83.7 Å². The molecule has 9 heteroatoms. The predicted octanol–water partition coefficient (Wildman–Crippen LogP) is 5.65. The first kappa shape index (κ1) is 24.3. The second kappa shape index (κ2) is 10.7. The number of ether oxygens (including phenoxy) is 2. The zero-order chi connectivity index (χ0) is 25.8. The highest BCUT2D eigenvalue weighted by Gasteiger charge is 2.19. The first-order chi connectivity index (χ1) is 18.1. The summed E-state index contributed by atoms with van der Waals surface area (Å²) >= 11 is 3.42. The summed E-state index contributed by atoms with van der Waals surface area (Å²) in [5.74, 6) is 2.27. The quantitative estimate of drug-likeness (QED) is 0.245. The van der Waals surface area contributed by atoms with Crippen LogP contribution in [0.25, 0.3) is 16.9 Å². The molecular weight excluding hydrogens is 532 g/mol. The largest absolute Gasteiger partial charge is 0.497 e. The van der Waals surface area contributed by atoms with Crippen LogP contribution in [0.4, 0.5) is 5.82 Å². The van der Waals surface area contributed by atoms with Crippen molar-refractivity contribution in [3.05, 3.63) is 100 Å². The van der Waals surface area contributed by atoms with Gasteiger partial charge < -0.3 is 14.4 Å². The third-order valence-corrected chi connectivity index (χ3v) is 6.26. The van der Waals surface area contributed by atoms with Crippen LogP contribution < -0.4 is 14.4 Å². The van der Waals surface area contributed by atoms with Crippen molar-refractivity contribution in [1.29, 1.82) is 5.26 Å². The molecule has 0 atom stereocenters. The summed E-state index contributed by atoms with van der Waals surface area (Å²) in [6.45, 7) is 1.15. The molecule has 0 fully saturated rings. The van der Waals surface area contributed by atoms with Gasteiger partial charge in [-0.3, -0.25) is 0 Å². The molecule has 0 saturated carbocycles. The van der Waals surface area contributed by atoms with Crippen LogP contribution in [-0.4, -0.2) is 33.8 Å². The number of nitriles is 1. The van der Waals surface area contributed by atoms with Gasteiger partial charge in [-0.25, -0.2) is 9.50 Å². The van der Waals surface area contributed by atoms with E-state index in [0.29, 0.717) is 40.5 Å². The molecule has 0 bridgehead atoms. The van der Waals surface area contributed by atoms with Crippen molar-refractivity contribution in [2.75, 3.05) is 19.1 Å². The van der Waals surface area contributed by atoms with Crippen LogP contribution in [0.2, 0.25) is 0 Å². The normalized spacial score (nSPS) is 10.8. The van der Waals surface area contributed by atoms with Gasteiger partial charge >= 0.3 is 0 Å². The molecule has 0 aliphatic heterocycles. The van der Waals surface area contributed by atoms with Gasteiger partial charge in [0.15, 0.2) is 11.5 Å². The Morgan fingerprint density at radius 1 is 0.892 bits per heavy atom. The van der Waals surface area contributed by atoms with E-state index in [1.54, 1.807) is 24.8 Å². The SMILES string of the molecule is COc1ccc(CN(Cc2ccc(OC)cc2)c2nc(-c3cccc(C#N)c3)cn3nc(Br)nc23)cc1. The topological polar surface area (TPSA) is 88.6 Å². The molecular formula is C28H23BrN6O2. The van der Waals surface area contributed by atoms with E-state index < -0.39 is 0 Å². The maximum Gasteiger partial charge on any atom is 0.218 e. The van der Waals surface area contributed by atoms with E-state index in [9.17, 15) is 5.26 Å². The molecule has 0 aliphatic carbocycles. The lowest BCUT2D eigenvalue weighted by Gasteiger charge is -2.25.